The summed E-state index contributed by atoms with van der Waals surface area (Å²) in [5.74, 6) is -0.244. The average molecular weight is 402 g/mol. The molecule has 0 aliphatic carbocycles. The van der Waals surface area contributed by atoms with E-state index in [1.54, 1.807) is 18.7 Å². The predicted octanol–water partition coefficient (Wildman–Crippen LogP) is 1.39. The summed E-state index contributed by atoms with van der Waals surface area (Å²) in [5.41, 5.74) is -0.609. The largest absolute Gasteiger partial charge is 0.351 e. The number of rotatable bonds is 11. The van der Waals surface area contributed by atoms with Crippen molar-refractivity contribution in [3.63, 3.8) is 0 Å². The number of imide groups is 1. The molecule has 0 aromatic carbocycles. The molecule has 1 rings (SSSR count). The van der Waals surface area contributed by atoms with Crippen molar-refractivity contribution in [1.29, 1.82) is 0 Å². The van der Waals surface area contributed by atoms with Crippen LogP contribution in [0.4, 0.5) is 0 Å². The Morgan fingerprint density at radius 1 is 1.26 bits per heavy atom. The number of hydroxylamine groups is 2. The van der Waals surface area contributed by atoms with E-state index in [-0.39, 0.29) is 30.0 Å². The molecule has 0 aromatic rings. The van der Waals surface area contributed by atoms with Gasteiger partial charge in [-0.1, -0.05) is 13.3 Å². The molecule has 9 heteroatoms. The first-order valence-corrected chi connectivity index (χ1v) is 10.3. The number of thioether (sulfide) groups is 1. The van der Waals surface area contributed by atoms with Gasteiger partial charge in [-0.3, -0.25) is 14.4 Å². The lowest BCUT2D eigenvalue weighted by atomic mass is 9.77. The molecule has 8 nitrogen and oxygen atoms in total. The highest BCUT2D eigenvalue weighted by molar-refractivity contribution is 8.00. The summed E-state index contributed by atoms with van der Waals surface area (Å²) in [6.07, 6.45) is 4.00. The molecule has 1 saturated heterocycles. The van der Waals surface area contributed by atoms with E-state index >= 15 is 0 Å². The highest BCUT2D eigenvalue weighted by Crippen LogP contribution is 2.44. The van der Waals surface area contributed by atoms with Crippen LogP contribution in [-0.4, -0.2) is 58.9 Å². The molecule has 0 spiro atoms. The Hall–Kier alpha value is -1.61. The van der Waals surface area contributed by atoms with E-state index in [1.807, 2.05) is 14.0 Å². The lowest BCUT2D eigenvalue weighted by Gasteiger charge is -2.43. The average Bonchev–Trinajstić information content (AvgIpc) is 2.88. The van der Waals surface area contributed by atoms with Gasteiger partial charge in [0.1, 0.15) is 0 Å². The van der Waals surface area contributed by atoms with Crippen LogP contribution in [-0.2, 0) is 24.0 Å². The van der Waals surface area contributed by atoms with Crippen LogP contribution in [0.5, 0.6) is 0 Å². The molecule has 154 valence electrons. The normalized spacial score (nSPS) is 27.0. The van der Waals surface area contributed by atoms with Gasteiger partial charge in [-0.15, -0.1) is 5.06 Å². The van der Waals surface area contributed by atoms with E-state index < -0.39 is 17.4 Å². The molecule has 1 aliphatic rings. The van der Waals surface area contributed by atoms with Crippen LogP contribution >= 0.6 is 11.8 Å². The minimum absolute atomic E-state index is 0.127. The zero-order valence-corrected chi connectivity index (χ0v) is 17.4. The smallest absolute Gasteiger partial charge is 0.333 e. The summed E-state index contributed by atoms with van der Waals surface area (Å²) >= 11 is 1.80. The number of hydrogen-bond donors (Lipinski definition) is 2. The first-order chi connectivity index (χ1) is 12.8. The summed E-state index contributed by atoms with van der Waals surface area (Å²) in [7, 11) is 1.89. The SMILES string of the molecule is CCCC(=O)N(C=O)OC(=O)CCCCC1SCC(C)(NC)C1(C)NC=O. The number of unbranched alkanes of at least 4 members (excludes halogenated alkanes) is 1. The van der Waals surface area contributed by atoms with E-state index in [4.69, 9.17) is 4.84 Å². The van der Waals surface area contributed by atoms with Gasteiger partial charge in [-0.05, 0) is 40.2 Å². The second-order valence-electron chi connectivity index (χ2n) is 7.13. The van der Waals surface area contributed by atoms with Gasteiger partial charge >= 0.3 is 5.97 Å². The zero-order chi connectivity index (χ0) is 20.5. The molecule has 0 radical (unpaired) electrons. The number of amides is 3. The molecule has 0 bridgehead atoms. The molecule has 3 unspecified atom stereocenters. The van der Waals surface area contributed by atoms with Crippen LogP contribution in [0.15, 0.2) is 0 Å². The monoisotopic (exact) mass is 401 g/mol. The minimum Gasteiger partial charge on any atom is -0.351 e. The van der Waals surface area contributed by atoms with Crippen LogP contribution in [0.2, 0.25) is 0 Å². The maximum absolute atomic E-state index is 11.8. The van der Waals surface area contributed by atoms with E-state index in [1.165, 1.54) is 0 Å². The summed E-state index contributed by atoms with van der Waals surface area (Å²) in [4.78, 5) is 50.2. The van der Waals surface area contributed by atoms with Crippen molar-refractivity contribution in [3.8, 4) is 0 Å². The molecule has 1 heterocycles. The molecular weight excluding hydrogens is 370 g/mol. The van der Waals surface area contributed by atoms with E-state index in [0.717, 1.165) is 25.0 Å². The van der Waals surface area contributed by atoms with Gasteiger partial charge in [-0.25, -0.2) is 4.79 Å². The standard InChI is InChI=1S/C18H31N3O5S/c1-5-8-15(24)21(13-23)26-16(25)10-7-6-9-14-18(3,20-12-22)17(2,19-4)11-27-14/h12-14,19H,5-11H2,1-4H3,(H,20,22). The highest BCUT2D eigenvalue weighted by Gasteiger charge is 2.54. The fourth-order valence-electron chi connectivity index (χ4n) is 3.23. The maximum Gasteiger partial charge on any atom is 0.333 e. The third kappa shape index (κ3) is 5.68. The number of carbonyl (C=O) groups excluding carboxylic acids is 4. The molecule has 27 heavy (non-hydrogen) atoms. The van der Waals surface area contributed by atoms with Crippen molar-refractivity contribution in [2.75, 3.05) is 12.8 Å². The van der Waals surface area contributed by atoms with E-state index in [2.05, 4.69) is 17.6 Å². The third-order valence-electron chi connectivity index (χ3n) is 5.38. The van der Waals surface area contributed by atoms with Gasteiger partial charge in [0.05, 0.1) is 5.54 Å². The summed E-state index contributed by atoms with van der Waals surface area (Å²) < 4.78 is 0. The van der Waals surface area contributed by atoms with Crippen LogP contribution in [0.1, 0.15) is 59.3 Å². The van der Waals surface area contributed by atoms with Crippen LogP contribution in [0, 0.1) is 0 Å². The Labute approximate surface area is 165 Å². The predicted molar refractivity (Wildman–Crippen MR) is 104 cm³/mol. The number of hydrogen-bond acceptors (Lipinski definition) is 7. The van der Waals surface area contributed by atoms with Crippen molar-refractivity contribution in [2.24, 2.45) is 0 Å². The number of likely N-dealkylation sites (N-methyl/N-ethyl adjacent to an activating group) is 1. The number of nitrogens with zero attached hydrogens (tertiary/aromatic N) is 1. The van der Waals surface area contributed by atoms with Crippen molar-refractivity contribution >= 4 is 36.5 Å². The van der Waals surface area contributed by atoms with Gasteiger partial charge in [0.15, 0.2) is 0 Å². The van der Waals surface area contributed by atoms with Crippen molar-refractivity contribution in [1.82, 2.24) is 15.7 Å². The number of nitrogens with one attached hydrogen (secondary N) is 2. The molecule has 0 aromatic heterocycles. The molecule has 1 fully saturated rings. The van der Waals surface area contributed by atoms with Gasteiger partial charge < -0.3 is 15.5 Å². The minimum atomic E-state index is -0.598. The van der Waals surface area contributed by atoms with E-state index in [0.29, 0.717) is 17.9 Å². The molecule has 1 aliphatic heterocycles. The Balaban J connectivity index is 2.46. The topological polar surface area (TPSA) is 105 Å². The van der Waals surface area contributed by atoms with Gasteiger partial charge in [0.25, 0.3) is 12.3 Å². The fraction of sp³-hybridized carbons (Fsp3) is 0.778. The van der Waals surface area contributed by atoms with Crippen LogP contribution < -0.4 is 10.6 Å². The lowest BCUT2D eigenvalue weighted by Crippen LogP contribution is -2.67. The van der Waals surface area contributed by atoms with Crippen molar-refractivity contribution in [3.05, 3.63) is 0 Å². The Morgan fingerprint density at radius 2 is 1.96 bits per heavy atom. The second kappa shape index (κ2) is 10.7. The van der Waals surface area contributed by atoms with Gasteiger partial charge in [-0.2, -0.15) is 11.8 Å². The first-order valence-electron chi connectivity index (χ1n) is 9.28. The Kier molecular flexibility index (Phi) is 9.25. The zero-order valence-electron chi connectivity index (χ0n) is 16.6. The van der Waals surface area contributed by atoms with Gasteiger partial charge in [0.2, 0.25) is 6.41 Å². The lowest BCUT2D eigenvalue weighted by molar-refractivity contribution is -0.196. The Bertz CT molecular complexity index is 547. The first kappa shape index (κ1) is 23.4. The Morgan fingerprint density at radius 3 is 2.52 bits per heavy atom. The molecular formula is C18H31N3O5S. The molecule has 0 saturated carbocycles. The summed E-state index contributed by atoms with van der Waals surface area (Å²) in [6, 6.07) is 0. The quantitative estimate of drug-likeness (QED) is 0.306. The maximum atomic E-state index is 11.8. The highest BCUT2D eigenvalue weighted by atomic mass is 32.2. The second-order valence-corrected chi connectivity index (χ2v) is 8.32. The summed E-state index contributed by atoms with van der Waals surface area (Å²) in [6.45, 7) is 5.93. The molecule has 3 atom stereocenters. The molecule has 3 amide bonds. The van der Waals surface area contributed by atoms with E-state index in [9.17, 15) is 19.2 Å². The summed E-state index contributed by atoms with van der Waals surface area (Å²) in [5, 5.41) is 6.99. The van der Waals surface area contributed by atoms with Crippen LogP contribution in [0.3, 0.4) is 0 Å². The van der Waals surface area contributed by atoms with Crippen LogP contribution in [0.25, 0.3) is 0 Å². The third-order valence-corrected chi connectivity index (χ3v) is 7.23. The molecule has 2 N–H and O–H groups in total. The van der Waals surface area contributed by atoms with Gasteiger partial charge in [0, 0.05) is 29.4 Å². The number of carbonyl (C=O) groups is 4. The van der Waals surface area contributed by atoms with Crippen molar-refractivity contribution in [2.45, 2.75) is 75.6 Å². The van der Waals surface area contributed by atoms with Crippen molar-refractivity contribution < 1.29 is 24.0 Å². The fourth-order valence-corrected chi connectivity index (χ4v) is 5.20.